The first-order valence-electron chi connectivity index (χ1n) is 7.97. The monoisotopic (exact) mass is 406 g/mol. The highest BCUT2D eigenvalue weighted by Crippen LogP contribution is 2.35. The fourth-order valence-corrected chi connectivity index (χ4v) is 4.73. The highest BCUT2D eigenvalue weighted by atomic mass is 32.2. The first-order chi connectivity index (χ1) is 12.9. The molecule has 0 spiro atoms. The number of nitro benzene ring substituents is 1. The topological polar surface area (TPSA) is 125 Å². The molecule has 0 unspecified atom stereocenters. The molecule has 0 aliphatic carbocycles. The number of aromatic carboxylic acids is 1. The first-order valence-corrected chi connectivity index (χ1v) is 9.77. The molecule has 1 aromatic heterocycles. The van der Waals surface area contributed by atoms with Crippen molar-refractivity contribution >= 4 is 46.9 Å². The normalized spacial score (nSPS) is 10.9. The predicted molar refractivity (Wildman–Crippen MR) is 103 cm³/mol. The molecule has 142 valence electrons. The van der Waals surface area contributed by atoms with Gasteiger partial charge >= 0.3 is 0 Å². The minimum atomic E-state index is -1.31. The quantitative estimate of drug-likeness (QED) is 0.311. The van der Waals surface area contributed by atoms with Gasteiger partial charge in [-0.1, -0.05) is 26.0 Å². The number of hydrogen-bond acceptors (Lipinski definition) is 8. The number of carbonyl (C=O) groups is 2. The van der Waals surface area contributed by atoms with E-state index in [1.165, 1.54) is 53.6 Å². The fraction of sp³-hybridized carbons (Fsp3) is 0.235. The third-order valence-corrected chi connectivity index (χ3v) is 6.01. The van der Waals surface area contributed by atoms with Crippen LogP contribution in [0.15, 0.2) is 33.6 Å². The van der Waals surface area contributed by atoms with Crippen LogP contribution in [0.25, 0.3) is 0 Å². The Hall–Kier alpha value is -2.72. The van der Waals surface area contributed by atoms with E-state index in [1.54, 1.807) is 0 Å². The molecule has 1 heterocycles. The number of carboxylic acid groups (broad SMARTS) is 1. The van der Waals surface area contributed by atoms with E-state index in [2.05, 4.69) is 10.5 Å². The van der Waals surface area contributed by atoms with Crippen LogP contribution in [0.1, 0.15) is 45.0 Å². The number of para-hydroxylation sites is 1. The van der Waals surface area contributed by atoms with E-state index in [9.17, 15) is 24.8 Å². The molecule has 0 radical (unpaired) electrons. The molecular weight excluding hydrogens is 390 g/mol. The SMILES string of the molecule is CCSc1sc(CC)c(C(=O)[O-])c1C=NNC(=O)c1ccccc1[N+](=O)[O-]. The number of nitrogens with one attached hydrogen (secondary N) is 1. The second-order valence-corrected chi connectivity index (χ2v) is 7.79. The molecule has 8 nitrogen and oxygen atoms in total. The van der Waals surface area contributed by atoms with Gasteiger partial charge in [0.05, 0.1) is 21.3 Å². The molecule has 27 heavy (non-hydrogen) atoms. The van der Waals surface area contributed by atoms with Crippen molar-refractivity contribution in [3.05, 3.63) is 55.9 Å². The van der Waals surface area contributed by atoms with Gasteiger partial charge in [-0.15, -0.1) is 23.1 Å². The highest BCUT2D eigenvalue weighted by molar-refractivity contribution is 8.01. The number of carboxylic acids is 1. The molecule has 1 N–H and O–H groups in total. The van der Waals surface area contributed by atoms with E-state index in [0.29, 0.717) is 16.9 Å². The second-order valence-electron chi connectivity index (χ2n) is 5.15. The summed E-state index contributed by atoms with van der Waals surface area (Å²) in [5.41, 5.74) is 2.16. The Morgan fingerprint density at radius 3 is 2.63 bits per heavy atom. The molecule has 0 aliphatic rings. The molecule has 0 aliphatic heterocycles. The Balaban J connectivity index is 2.31. The number of rotatable bonds is 8. The van der Waals surface area contributed by atoms with Crippen molar-refractivity contribution in [2.75, 3.05) is 5.75 Å². The number of nitrogens with zero attached hydrogens (tertiary/aromatic N) is 2. The number of carbonyl (C=O) groups excluding carboxylic acids is 2. The van der Waals surface area contributed by atoms with Crippen LogP contribution in [0.3, 0.4) is 0 Å². The number of amides is 1. The number of thiophene rings is 1. The maximum absolute atomic E-state index is 12.2. The molecular formula is C17H16N3O5S2-. The van der Waals surface area contributed by atoms with Crippen LogP contribution in [-0.4, -0.2) is 28.8 Å². The Morgan fingerprint density at radius 1 is 1.33 bits per heavy atom. The van der Waals surface area contributed by atoms with Crippen LogP contribution < -0.4 is 10.5 Å². The van der Waals surface area contributed by atoms with Crippen LogP contribution in [0.4, 0.5) is 5.69 Å². The lowest BCUT2D eigenvalue weighted by atomic mass is 10.1. The van der Waals surface area contributed by atoms with Crippen molar-refractivity contribution in [3.8, 4) is 0 Å². The number of hydrogen-bond donors (Lipinski definition) is 1. The summed E-state index contributed by atoms with van der Waals surface area (Å²) in [5.74, 6) is -1.33. The summed E-state index contributed by atoms with van der Waals surface area (Å²) in [5, 5.41) is 26.3. The zero-order valence-corrected chi connectivity index (χ0v) is 16.2. The van der Waals surface area contributed by atoms with E-state index in [4.69, 9.17) is 0 Å². The average molecular weight is 406 g/mol. The molecule has 1 aromatic carbocycles. The first kappa shape index (κ1) is 20.6. The minimum absolute atomic E-state index is 0.0575. The van der Waals surface area contributed by atoms with Crippen molar-refractivity contribution in [2.24, 2.45) is 5.10 Å². The maximum atomic E-state index is 12.2. The Morgan fingerprint density at radius 2 is 2.04 bits per heavy atom. The Bertz CT molecular complexity index is 908. The summed E-state index contributed by atoms with van der Waals surface area (Å²) in [6, 6.07) is 5.49. The van der Waals surface area contributed by atoms with E-state index < -0.39 is 16.8 Å². The minimum Gasteiger partial charge on any atom is -0.545 e. The molecule has 0 atom stereocenters. The van der Waals surface area contributed by atoms with Gasteiger partial charge in [-0.25, -0.2) is 5.43 Å². The van der Waals surface area contributed by atoms with E-state index in [1.807, 2.05) is 13.8 Å². The number of nitro groups is 1. The van der Waals surface area contributed by atoms with Crippen molar-refractivity contribution in [1.82, 2.24) is 5.43 Å². The second kappa shape index (κ2) is 9.28. The molecule has 1 amide bonds. The van der Waals surface area contributed by atoms with Crippen molar-refractivity contribution in [3.63, 3.8) is 0 Å². The van der Waals surface area contributed by atoms with Crippen LogP contribution in [-0.2, 0) is 6.42 Å². The lowest BCUT2D eigenvalue weighted by molar-refractivity contribution is -0.385. The highest BCUT2D eigenvalue weighted by Gasteiger charge is 2.19. The van der Waals surface area contributed by atoms with Gasteiger partial charge in [0.15, 0.2) is 0 Å². The number of benzene rings is 1. The van der Waals surface area contributed by atoms with Gasteiger partial charge in [0, 0.05) is 22.1 Å². The Kier molecular flexibility index (Phi) is 7.08. The maximum Gasteiger partial charge on any atom is 0.282 e. The van der Waals surface area contributed by atoms with Crippen molar-refractivity contribution in [2.45, 2.75) is 24.5 Å². The third-order valence-electron chi connectivity index (χ3n) is 3.49. The van der Waals surface area contributed by atoms with E-state index in [0.717, 1.165) is 9.96 Å². The van der Waals surface area contributed by atoms with Crippen LogP contribution in [0.2, 0.25) is 0 Å². The van der Waals surface area contributed by atoms with Crippen LogP contribution in [0, 0.1) is 10.1 Å². The van der Waals surface area contributed by atoms with Gasteiger partial charge in [-0.05, 0) is 18.2 Å². The average Bonchev–Trinajstić information content (AvgIpc) is 2.99. The molecule has 2 rings (SSSR count). The summed E-state index contributed by atoms with van der Waals surface area (Å²) in [6.07, 6.45) is 1.77. The van der Waals surface area contributed by atoms with Gasteiger partial charge < -0.3 is 9.90 Å². The summed E-state index contributed by atoms with van der Waals surface area (Å²) < 4.78 is 0.761. The third kappa shape index (κ3) is 4.72. The molecule has 2 aromatic rings. The van der Waals surface area contributed by atoms with Crippen molar-refractivity contribution in [1.29, 1.82) is 0 Å². The Labute approximate surface area is 163 Å². The van der Waals surface area contributed by atoms with E-state index >= 15 is 0 Å². The molecule has 0 bridgehead atoms. The summed E-state index contributed by atoms with van der Waals surface area (Å²) in [4.78, 5) is 34.7. The van der Waals surface area contributed by atoms with Gasteiger partial charge in [0.1, 0.15) is 5.56 Å². The zero-order chi connectivity index (χ0) is 20.0. The van der Waals surface area contributed by atoms with Crippen molar-refractivity contribution < 1.29 is 19.6 Å². The molecule has 10 heteroatoms. The smallest absolute Gasteiger partial charge is 0.282 e. The molecule has 0 saturated carbocycles. The van der Waals surface area contributed by atoms with Crippen LogP contribution in [0.5, 0.6) is 0 Å². The number of hydrazone groups is 1. The lowest BCUT2D eigenvalue weighted by Gasteiger charge is -2.05. The lowest BCUT2D eigenvalue weighted by Crippen LogP contribution is -2.24. The summed E-state index contributed by atoms with van der Waals surface area (Å²) in [6.45, 7) is 3.78. The predicted octanol–water partition coefficient (Wildman–Crippen LogP) is 2.46. The molecule has 0 fully saturated rings. The largest absolute Gasteiger partial charge is 0.545 e. The van der Waals surface area contributed by atoms with E-state index in [-0.39, 0.29) is 16.8 Å². The number of thioether (sulfide) groups is 1. The molecule has 0 saturated heterocycles. The van der Waals surface area contributed by atoms with Gasteiger partial charge in [-0.3, -0.25) is 14.9 Å². The van der Waals surface area contributed by atoms with Crippen LogP contribution >= 0.6 is 23.1 Å². The fourth-order valence-electron chi connectivity index (χ4n) is 2.34. The van der Waals surface area contributed by atoms with Gasteiger partial charge in [0.25, 0.3) is 11.6 Å². The summed E-state index contributed by atoms with van der Waals surface area (Å²) in [7, 11) is 0. The number of aryl methyl sites for hydroxylation is 1. The van der Waals surface area contributed by atoms with Gasteiger partial charge in [-0.2, -0.15) is 5.10 Å². The summed E-state index contributed by atoms with van der Waals surface area (Å²) >= 11 is 2.81. The zero-order valence-electron chi connectivity index (χ0n) is 14.6. The standard InChI is InChI=1S/C17H17N3O5S2/c1-3-13-14(16(22)23)11(17(27-13)26-4-2)9-18-19-15(21)10-7-5-6-8-12(10)20(24)25/h5-9H,3-4H2,1-2H3,(H,19,21)(H,22,23)/p-1. The van der Waals surface area contributed by atoms with Gasteiger partial charge in [0.2, 0.25) is 0 Å².